The molecule has 0 saturated carbocycles. The van der Waals surface area contributed by atoms with Gasteiger partial charge in [0.25, 0.3) is 0 Å². The number of carbonyl (C=O) groups excluding carboxylic acids is 1. The van der Waals surface area contributed by atoms with Crippen LogP contribution < -0.4 is 0 Å². The van der Waals surface area contributed by atoms with Gasteiger partial charge in [0.15, 0.2) is 0 Å². The van der Waals surface area contributed by atoms with Gasteiger partial charge in [-0.15, -0.1) is 0 Å². The molecule has 2 heterocycles. The molecule has 1 aromatic carbocycles. The summed E-state index contributed by atoms with van der Waals surface area (Å²) in [7, 11) is 0. The summed E-state index contributed by atoms with van der Waals surface area (Å²) in [6.45, 7) is 9.50. The van der Waals surface area contributed by atoms with E-state index in [2.05, 4.69) is 36.3 Å². The zero-order valence-corrected chi connectivity index (χ0v) is 15.9. The molecule has 25 heavy (non-hydrogen) atoms. The molecule has 4 heteroatoms. The third-order valence-electron chi connectivity index (χ3n) is 4.93. The monoisotopic (exact) mass is 342 g/mol. The summed E-state index contributed by atoms with van der Waals surface area (Å²) in [5.74, 6) is 0.521. The summed E-state index contributed by atoms with van der Waals surface area (Å²) in [5.41, 5.74) is 3.60. The second-order valence-electron chi connectivity index (χ2n) is 8.11. The first kappa shape index (κ1) is 17.8. The van der Waals surface area contributed by atoms with Crippen molar-refractivity contribution in [2.75, 3.05) is 13.1 Å². The number of nitrogens with one attached hydrogen (secondary N) is 1. The highest BCUT2D eigenvalue weighted by molar-refractivity contribution is 5.84. The Morgan fingerprint density at radius 1 is 1.28 bits per heavy atom. The van der Waals surface area contributed by atoms with Crippen LogP contribution in [0.25, 0.3) is 10.9 Å². The van der Waals surface area contributed by atoms with Gasteiger partial charge in [-0.1, -0.05) is 19.4 Å². The second-order valence-corrected chi connectivity index (χ2v) is 8.11. The van der Waals surface area contributed by atoms with Crippen molar-refractivity contribution in [3.05, 3.63) is 35.5 Å². The summed E-state index contributed by atoms with van der Waals surface area (Å²) in [6.07, 6.45) is 6.23. The smallest absolute Gasteiger partial charge is 0.410 e. The second kappa shape index (κ2) is 7.11. The number of hydrogen-bond donors (Lipinski definition) is 1. The van der Waals surface area contributed by atoms with Crippen molar-refractivity contribution in [1.82, 2.24) is 9.88 Å². The highest BCUT2D eigenvalue weighted by Crippen LogP contribution is 2.31. The highest BCUT2D eigenvalue weighted by Gasteiger charge is 2.27. The Morgan fingerprint density at radius 2 is 2.00 bits per heavy atom. The van der Waals surface area contributed by atoms with Crippen LogP contribution in [0.3, 0.4) is 0 Å². The molecule has 0 unspecified atom stereocenters. The quantitative estimate of drug-likeness (QED) is 0.829. The minimum absolute atomic E-state index is 0.183. The van der Waals surface area contributed by atoms with Crippen LogP contribution in [0.4, 0.5) is 4.79 Å². The molecular formula is C21H30N2O2. The highest BCUT2D eigenvalue weighted by atomic mass is 16.6. The predicted molar refractivity (Wildman–Crippen MR) is 102 cm³/mol. The van der Waals surface area contributed by atoms with Crippen molar-refractivity contribution in [2.24, 2.45) is 0 Å². The van der Waals surface area contributed by atoms with Gasteiger partial charge in [0.05, 0.1) is 0 Å². The third-order valence-corrected chi connectivity index (χ3v) is 4.93. The van der Waals surface area contributed by atoms with Crippen molar-refractivity contribution < 1.29 is 9.53 Å². The number of nitrogens with zero attached hydrogens (tertiary/aromatic N) is 1. The molecule has 1 fully saturated rings. The van der Waals surface area contributed by atoms with E-state index >= 15 is 0 Å². The molecule has 0 aliphatic carbocycles. The molecule has 3 rings (SSSR count). The molecule has 1 N–H and O–H groups in total. The molecule has 2 aromatic rings. The van der Waals surface area contributed by atoms with Crippen LogP contribution in [0.2, 0.25) is 0 Å². The number of H-pyrrole nitrogens is 1. The number of amides is 1. The first-order valence-electron chi connectivity index (χ1n) is 9.45. The lowest BCUT2D eigenvalue weighted by molar-refractivity contribution is 0.0205. The summed E-state index contributed by atoms with van der Waals surface area (Å²) in [5, 5.41) is 1.36. The first-order valence-corrected chi connectivity index (χ1v) is 9.45. The standard InChI is InChI=1S/C21H30N2O2/c1-5-6-17-14-22-19-8-7-16(13-18(17)19)15-9-11-23(12-10-15)20(24)25-21(2,3)4/h7-8,13-15,22H,5-6,9-12H2,1-4H3. The maximum atomic E-state index is 12.2. The van der Waals surface area contributed by atoms with E-state index in [4.69, 9.17) is 4.74 Å². The number of benzene rings is 1. The average Bonchev–Trinajstić information content (AvgIpc) is 2.96. The van der Waals surface area contributed by atoms with E-state index in [-0.39, 0.29) is 6.09 Å². The van der Waals surface area contributed by atoms with E-state index in [0.717, 1.165) is 38.8 Å². The number of aryl methyl sites for hydroxylation is 1. The number of piperidine rings is 1. The third kappa shape index (κ3) is 4.17. The SMILES string of the molecule is CCCc1c[nH]c2ccc(C3CCN(C(=O)OC(C)(C)C)CC3)cc12. The molecule has 1 aliphatic rings. The van der Waals surface area contributed by atoms with Crippen molar-refractivity contribution in [2.45, 2.75) is 64.9 Å². The molecule has 0 radical (unpaired) electrons. The molecule has 0 bridgehead atoms. The molecule has 1 aliphatic heterocycles. The van der Waals surface area contributed by atoms with Crippen LogP contribution in [-0.4, -0.2) is 34.7 Å². The van der Waals surface area contributed by atoms with Gasteiger partial charge in [-0.25, -0.2) is 4.79 Å². The summed E-state index contributed by atoms with van der Waals surface area (Å²) >= 11 is 0. The molecule has 4 nitrogen and oxygen atoms in total. The van der Waals surface area contributed by atoms with E-state index in [1.54, 1.807) is 0 Å². The number of hydrogen-bond acceptors (Lipinski definition) is 2. The number of rotatable bonds is 3. The van der Waals surface area contributed by atoms with E-state index < -0.39 is 5.60 Å². The van der Waals surface area contributed by atoms with E-state index in [9.17, 15) is 4.79 Å². The van der Waals surface area contributed by atoms with Crippen LogP contribution in [0.15, 0.2) is 24.4 Å². The predicted octanol–water partition coefficient (Wildman–Crippen LogP) is 5.23. The van der Waals surface area contributed by atoms with Crippen molar-refractivity contribution in [1.29, 1.82) is 0 Å². The Bertz CT molecular complexity index is 734. The summed E-state index contributed by atoms with van der Waals surface area (Å²) in [6, 6.07) is 6.79. The number of carbonyl (C=O) groups is 1. The van der Waals surface area contributed by atoms with Crippen molar-refractivity contribution in [3.8, 4) is 0 Å². The number of likely N-dealkylation sites (tertiary alicyclic amines) is 1. The van der Waals surface area contributed by atoms with E-state index in [0.29, 0.717) is 5.92 Å². The Balaban J connectivity index is 1.67. The van der Waals surface area contributed by atoms with Gasteiger partial charge in [0.2, 0.25) is 0 Å². The van der Waals surface area contributed by atoms with Crippen LogP contribution >= 0.6 is 0 Å². The van der Waals surface area contributed by atoms with Crippen LogP contribution in [-0.2, 0) is 11.2 Å². The number of ether oxygens (including phenoxy) is 1. The van der Waals surface area contributed by atoms with E-state index in [1.807, 2.05) is 25.7 Å². The van der Waals surface area contributed by atoms with Gasteiger partial charge in [0.1, 0.15) is 5.60 Å². The van der Waals surface area contributed by atoms with Gasteiger partial charge < -0.3 is 14.6 Å². The lowest BCUT2D eigenvalue weighted by Crippen LogP contribution is -2.41. The molecule has 136 valence electrons. The first-order chi connectivity index (χ1) is 11.9. The number of aromatic amines is 1. The molecule has 1 amide bonds. The average molecular weight is 342 g/mol. The Hall–Kier alpha value is -1.97. The minimum atomic E-state index is -0.428. The fourth-order valence-electron chi connectivity index (χ4n) is 3.65. The Labute approximate surface area is 150 Å². The number of fused-ring (bicyclic) bond motifs is 1. The zero-order valence-electron chi connectivity index (χ0n) is 15.9. The van der Waals surface area contributed by atoms with Gasteiger partial charge in [-0.05, 0) is 69.2 Å². The van der Waals surface area contributed by atoms with Gasteiger partial charge in [0, 0.05) is 30.2 Å². The minimum Gasteiger partial charge on any atom is -0.444 e. The summed E-state index contributed by atoms with van der Waals surface area (Å²) < 4.78 is 5.49. The molecular weight excluding hydrogens is 312 g/mol. The molecule has 1 saturated heterocycles. The Kier molecular flexibility index (Phi) is 5.07. The zero-order chi connectivity index (χ0) is 18.0. The Morgan fingerprint density at radius 3 is 2.64 bits per heavy atom. The largest absolute Gasteiger partial charge is 0.444 e. The molecule has 1 aromatic heterocycles. The maximum absolute atomic E-state index is 12.2. The lowest BCUT2D eigenvalue weighted by Gasteiger charge is -2.33. The van der Waals surface area contributed by atoms with E-state index in [1.165, 1.54) is 22.0 Å². The molecule has 0 atom stereocenters. The summed E-state index contributed by atoms with van der Waals surface area (Å²) in [4.78, 5) is 17.4. The van der Waals surface area contributed by atoms with Crippen LogP contribution in [0.5, 0.6) is 0 Å². The fourth-order valence-corrected chi connectivity index (χ4v) is 3.65. The van der Waals surface area contributed by atoms with Crippen LogP contribution in [0.1, 0.15) is 64.0 Å². The molecule has 0 spiro atoms. The lowest BCUT2D eigenvalue weighted by atomic mass is 9.88. The van der Waals surface area contributed by atoms with Gasteiger partial charge in [-0.3, -0.25) is 0 Å². The van der Waals surface area contributed by atoms with Gasteiger partial charge in [-0.2, -0.15) is 0 Å². The topological polar surface area (TPSA) is 45.3 Å². The number of aromatic nitrogens is 1. The fraction of sp³-hybridized carbons (Fsp3) is 0.571. The van der Waals surface area contributed by atoms with Crippen molar-refractivity contribution in [3.63, 3.8) is 0 Å². The van der Waals surface area contributed by atoms with Crippen LogP contribution in [0, 0.1) is 0 Å². The normalized spacial score (nSPS) is 16.4. The van der Waals surface area contributed by atoms with Gasteiger partial charge >= 0.3 is 6.09 Å². The maximum Gasteiger partial charge on any atom is 0.410 e. The van der Waals surface area contributed by atoms with Crippen molar-refractivity contribution >= 4 is 17.0 Å².